The topological polar surface area (TPSA) is 63.7 Å². The van der Waals surface area contributed by atoms with Crippen LogP contribution in [0.3, 0.4) is 0 Å². The molecule has 118 valence electrons. The van der Waals surface area contributed by atoms with Crippen molar-refractivity contribution in [1.82, 2.24) is 4.90 Å². The maximum Gasteiger partial charge on any atom is 0.417 e. The minimum atomic E-state index is -0.703. The molecule has 0 saturated carbocycles. The van der Waals surface area contributed by atoms with Crippen molar-refractivity contribution in [3.05, 3.63) is 9.81 Å². The molecule has 0 aliphatic carbocycles. The normalized spacial score (nSPS) is 19.8. The number of imide groups is 1. The fraction of sp³-hybridized carbons (Fsp3) is 0.643. The van der Waals surface area contributed by atoms with Gasteiger partial charge in [0.15, 0.2) is 5.78 Å². The molecule has 0 aromatic heterocycles. The summed E-state index contributed by atoms with van der Waals surface area (Å²) < 4.78 is 5.87. The van der Waals surface area contributed by atoms with Crippen molar-refractivity contribution in [2.75, 3.05) is 19.1 Å². The molecule has 1 aliphatic rings. The van der Waals surface area contributed by atoms with Gasteiger partial charge >= 0.3 is 6.09 Å². The monoisotopic (exact) mass is 331 g/mol. The molecule has 0 radical (unpaired) electrons. The molecule has 0 spiro atoms. The second kappa shape index (κ2) is 6.87. The first-order valence-electron chi connectivity index (χ1n) is 6.53. The Kier molecular flexibility index (Phi) is 5.92. The average Bonchev–Trinajstić information content (AvgIpc) is 2.36. The number of ketones is 1. The number of piperidine rings is 1. The van der Waals surface area contributed by atoms with Gasteiger partial charge in [0.25, 0.3) is 5.91 Å². The first kappa shape index (κ1) is 18.1. The van der Waals surface area contributed by atoms with Gasteiger partial charge in [0, 0.05) is 12.5 Å². The average molecular weight is 331 g/mol. The van der Waals surface area contributed by atoms with Crippen molar-refractivity contribution in [1.29, 1.82) is 0 Å². The first-order chi connectivity index (χ1) is 9.62. The smallest absolute Gasteiger partial charge is 0.417 e. The molecule has 1 rings (SSSR count). The van der Waals surface area contributed by atoms with Crippen molar-refractivity contribution < 1.29 is 19.1 Å². The Morgan fingerprint density at radius 2 is 1.76 bits per heavy atom. The zero-order chi connectivity index (χ0) is 16.4. The zero-order valence-corrected chi connectivity index (χ0v) is 14.8. The van der Waals surface area contributed by atoms with Crippen LogP contribution in [0.1, 0.15) is 27.7 Å². The van der Waals surface area contributed by atoms with Gasteiger partial charge in [-0.05, 0) is 33.3 Å². The summed E-state index contributed by atoms with van der Waals surface area (Å²) in [6.45, 7) is 6.98. The molecule has 2 amide bonds. The minimum absolute atomic E-state index is 0.0616. The van der Waals surface area contributed by atoms with Gasteiger partial charge in [-0.2, -0.15) is 0 Å². The van der Waals surface area contributed by atoms with Crippen LogP contribution in [0.4, 0.5) is 4.79 Å². The largest absolute Gasteiger partial charge is 0.443 e. The number of carbonyl (C=O) groups is 3. The van der Waals surface area contributed by atoms with E-state index in [1.807, 2.05) is 0 Å². The van der Waals surface area contributed by atoms with Gasteiger partial charge in [0.1, 0.15) is 11.2 Å². The Labute approximate surface area is 133 Å². The first-order valence-corrected chi connectivity index (χ1v) is 8.98. The summed E-state index contributed by atoms with van der Waals surface area (Å²) in [5.74, 6) is -1.19. The van der Waals surface area contributed by atoms with Crippen molar-refractivity contribution in [3.63, 3.8) is 0 Å². The number of nitrogens with zero attached hydrogens (tertiary/aromatic N) is 1. The molecule has 0 N–H and O–H groups in total. The van der Waals surface area contributed by atoms with E-state index in [1.165, 1.54) is 23.5 Å². The molecule has 7 heteroatoms. The summed E-state index contributed by atoms with van der Waals surface area (Å²) in [6, 6.07) is 0. The lowest BCUT2D eigenvalue weighted by atomic mass is 9.94. The molecule has 1 unspecified atom stereocenters. The minimum Gasteiger partial charge on any atom is -0.443 e. The molecule has 5 nitrogen and oxygen atoms in total. The highest BCUT2D eigenvalue weighted by Gasteiger charge is 2.41. The van der Waals surface area contributed by atoms with E-state index < -0.39 is 23.5 Å². The maximum atomic E-state index is 12.5. The zero-order valence-electron chi connectivity index (χ0n) is 13.2. The van der Waals surface area contributed by atoms with Crippen molar-refractivity contribution in [3.8, 4) is 0 Å². The molecule has 1 saturated heterocycles. The van der Waals surface area contributed by atoms with Crippen LogP contribution < -0.4 is 0 Å². The predicted octanol–water partition coefficient (Wildman–Crippen LogP) is 2.91. The van der Waals surface area contributed by atoms with E-state index in [0.29, 0.717) is 4.24 Å². The van der Waals surface area contributed by atoms with E-state index in [0.717, 1.165) is 4.90 Å². The van der Waals surface area contributed by atoms with Crippen molar-refractivity contribution in [2.24, 2.45) is 5.92 Å². The third-order valence-electron chi connectivity index (χ3n) is 2.80. The van der Waals surface area contributed by atoms with Crippen LogP contribution in [0, 0.1) is 5.92 Å². The van der Waals surface area contributed by atoms with Crippen LogP contribution in [0.15, 0.2) is 9.81 Å². The van der Waals surface area contributed by atoms with Gasteiger partial charge in [0.2, 0.25) is 0 Å². The molecular weight excluding hydrogens is 310 g/mol. The molecule has 21 heavy (non-hydrogen) atoms. The van der Waals surface area contributed by atoms with E-state index in [1.54, 1.807) is 40.2 Å². The van der Waals surface area contributed by atoms with Gasteiger partial charge in [-0.15, -0.1) is 23.5 Å². The quantitative estimate of drug-likeness (QED) is 0.573. The van der Waals surface area contributed by atoms with Crippen LogP contribution in [-0.2, 0) is 14.3 Å². The second-order valence-corrected chi connectivity index (χ2v) is 7.62. The lowest BCUT2D eigenvalue weighted by Crippen LogP contribution is -2.50. The summed E-state index contributed by atoms with van der Waals surface area (Å²) in [7, 11) is 0. The van der Waals surface area contributed by atoms with E-state index in [2.05, 4.69) is 0 Å². The lowest BCUT2D eigenvalue weighted by Gasteiger charge is -2.32. The van der Waals surface area contributed by atoms with E-state index in [4.69, 9.17) is 4.74 Å². The number of rotatable bonds is 2. The predicted molar refractivity (Wildman–Crippen MR) is 86.2 cm³/mol. The van der Waals surface area contributed by atoms with Crippen LogP contribution in [0.2, 0.25) is 0 Å². The number of likely N-dealkylation sites (tertiary alicyclic amines) is 1. The van der Waals surface area contributed by atoms with Gasteiger partial charge in [-0.1, -0.05) is 6.92 Å². The summed E-state index contributed by atoms with van der Waals surface area (Å²) in [4.78, 5) is 37.9. The fourth-order valence-electron chi connectivity index (χ4n) is 1.88. The van der Waals surface area contributed by atoms with Crippen LogP contribution in [0.25, 0.3) is 0 Å². The lowest BCUT2D eigenvalue weighted by molar-refractivity contribution is -0.134. The Hall–Kier alpha value is -0.950. The number of ether oxygens (including phenoxy) is 1. The van der Waals surface area contributed by atoms with Crippen LogP contribution >= 0.6 is 23.5 Å². The molecule has 1 fully saturated rings. The highest BCUT2D eigenvalue weighted by Crippen LogP contribution is 2.33. The second-order valence-electron chi connectivity index (χ2n) is 5.73. The van der Waals surface area contributed by atoms with Crippen molar-refractivity contribution in [2.45, 2.75) is 33.3 Å². The van der Waals surface area contributed by atoms with Gasteiger partial charge in [0.05, 0.1) is 4.24 Å². The molecule has 0 bridgehead atoms. The van der Waals surface area contributed by atoms with Crippen LogP contribution in [0.5, 0.6) is 0 Å². The Balaban J connectivity index is 3.16. The number of thioether (sulfide) groups is 2. The highest BCUT2D eigenvalue weighted by molar-refractivity contribution is 8.21. The summed E-state index contributed by atoms with van der Waals surface area (Å²) in [5, 5.41) is 0. The molecule has 1 aliphatic heterocycles. The molecule has 0 aromatic carbocycles. The highest BCUT2D eigenvalue weighted by atomic mass is 32.2. The Bertz CT molecular complexity index is 488. The standard InChI is InChI=1S/C14H21NO4S2/c1-8-7-15(13(18)19-14(2,3)4)11(17)9(10(8)16)12(20-5)21-6/h8H,7H2,1-6H3. The number of hydrogen-bond donors (Lipinski definition) is 0. The van der Waals surface area contributed by atoms with Crippen LogP contribution in [-0.4, -0.2) is 47.3 Å². The van der Waals surface area contributed by atoms with Crippen molar-refractivity contribution >= 4 is 41.3 Å². The summed E-state index contributed by atoms with van der Waals surface area (Å²) in [5.41, 5.74) is -0.590. The summed E-state index contributed by atoms with van der Waals surface area (Å²) >= 11 is 2.67. The third kappa shape index (κ3) is 4.26. The van der Waals surface area contributed by atoms with Gasteiger partial charge in [-0.3, -0.25) is 9.59 Å². The maximum absolute atomic E-state index is 12.5. The number of Topliss-reactive ketones (excluding diaryl/α,β-unsaturated/α-hetero) is 1. The number of hydrogen-bond acceptors (Lipinski definition) is 6. The van der Waals surface area contributed by atoms with E-state index >= 15 is 0 Å². The molecule has 1 heterocycles. The van der Waals surface area contributed by atoms with Gasteiger partial charge in [-0.25, -0.2) is 9.69 Å². The molecular formula is C14H21NO4S2. The Morgan fingerprint density at radius 3 is 2.19 bits per heavy atom. The Morgan fingerprint density at radius 1 is 1.24 bits per heavy atom. The SMILES string of the molecule is CSC(SC)=C1C(=O)C(C)CN(C(=O)OC(C)(C)C)C1=O. The molecule has 1 atom stereocenters. The third-order valence-corrected chi connectivity index (χ3v) is 4.95. The van der Waals surface area contributed by atoms with E-state index in [-0.39, 0.29) is 17.9 Å². The number of amides is 2. The summed E-state index contributed by atoms with van der Waals surface area (Å²) in [6.07, 6.45) is 2.90. The number of carbonyl (C=O) groups excluding carboxylic acids is 3. The van der Waals surface area contributed by atoms with E-state index in [9.17, 15) is 14.4 Å². The van der Waals surface area contributed by atoms with Gasteiger partial charge < -0.3 is 4.74 Å². The fourth-order valence-corrected chi connectivity index (χ4v) is 3.33. The molecule has 0 aromatic rings.